The molecule has 1 aliphatic carbocycles. The first-order valence-electron chi connectivity index (χ1n) is 6.71. The van der Waals surface area contributed by atoms with Crippen molar-refractivity contribution in [3.05, 3.63) is 0 Å². The van der Waals surface area contributed by atoms with Crippen LogP contribution in [-0.4, -0.2) is 19.8 Å². The molecule has 96 valence electrons. The summed E-state index contributed by atoms with van der Waals surface area (Å²) in [5.41, 5.74) is 6.68. The molecule has 0 heterocycles. The van der Waals surface area contributed by atoms with Crippen molar-refractivity contribution in [3.8, 4) is 0 Å². The summed E-state index contributed by atoms with van der Waals surface area (Å²) < 4.78 is 5.61. The lowest BCUT2D eigenvalue weighted by atomic mass is 9.64. The van der Waals surface area contributed by atoms with E-state index in [1.807, 2.05) is 0 Å². The van der Waals surface area contributed by atoms with Gasteiger partial charge >= 0.3 is 0 Å². The molecule has 0 aromatic heterocycles. The van der Waals surface area contributed by atoms with Crippen molar-refractivity contribution in [1.82, 2.24) is 0 Å². The minimum atomic E-state index is 0.276. The van der Waals surface area contributed by atoms with Gasteiger partial charge in [0, 0.05) is 18.6 Å². The van der Waals surface area contributed by atoms with Gasteiger partial charge in [0.25, 0.3) is 0 Å². The first-order chi connectivity index (χ1) is 7.43. The third kappa shape index (κ3) is 3.46. The number of nitrogens with two attached hydrogens (primary N) is 1. The largest absolute Gasteiger partial charge is 0.381 e. The molecule has 0 spiro atoms. The normalized spacial score (nSPS) is 31.7. The Morgan fingerprint density at radius 1 is 1.25 bits per heavy atom. The van der Waals surface area contributed by atoms with Crippen LogP contribution in [0.2, 0.25) is 0 Å². The van der Waals surface area contributed by atoms with E-state index in [1.165, 1.54) is 25.7 Å². The van der Waals surface area contributed by atoms with Gasteiger partial charge < -0.3 is 10.5 Å². The molecular weight excluding hydrogens is 198 g/mol. The minimum Gasteiger partial charge on any atom is -0.381 e. The fourth-order valence-electron chi connectivity index (χ4n) is 2.82. The Morgan fingerprint density at radius 2 is 1.81 bits per heavy atom. The fourth-order valence-corrected chi connectivity index (χ4v) is 2.82. The Labute approximate surface area is 101 Å². The standard InChI is InChI=1S/C14H29NO/c1-5-16-11-14(10-15)8-6-12(7-9-14)13(2,3)4/h12H,5-11,15H2,1-4H3. The molecule has 0 aliphatic heterocycles. The van der Waals surface area contributed by atoms with Gasteiger partial charge in [0.15, 0.2) is 0 Å². The lowest BCUT2D eigenvalue weighted by Gasteiger charge is -2.43. The van der Waals surface area contributed by atoms with E-state index >= 15 is 0 Å². The highest BCUT2D eigenvalue weighted by Gasteiger charge is 2.37. The van der Waals surface area contributed by atoms with Crippen molar-refractivity contribution in [3.63, 3.8) is 0 Å². The molecule has 0 unspecified atom stereocenters. The van der Waals surface area contributed by atoms with E-state index in [2.05, 4.69) is 27.7 Å². The second-order valence-corrected chi connectivity index (χ2v) is 6.48. The predicted octanol–water partition coefficient (Wildman–Crippen LogP) is 3.20. The molecule has 0 aromatic carbocycles. The minimum absolute atomic E-state index is 0.276. The molecule has 0 bridgehead atoms. The number of hydrogen-bond donors (Lipinski definition) is 1. The van der Waals surface area contributed by atoms with Crippen molar-refractivity contribution in [2.75, 3.05) is 19.8 Å². The highest BCUT2D eigenvalue weighted by molar-refractivity contribution is 4.89. The zero-order valence-electron chi connectivity index (χ0n) is 11.5. The summed E-state index contributed by atoms with van der Waals surface area (Å²) in [5.74, 6) is 0.855. The number of ether oxygens (including phenoxy) is 1. The Morgan fingerprint density at radius 3 is 2.19 bits per heavy atom. The zero-order valence-corrected chi connectivity index (χ0v) is 11.5. The van der Waals surface area contributed by atoms with E-state index in [0.29, 0.717) is 5.41 Å². The molecule has 1 saturated carbocycles. The summed E-state index contributed by atoms with van der Waals surface area (Å²) in [4.78, 5) is 0. The predicted molar refractivity (Wildman–Crippen MR) is 69.4 cm³/mol. The monoisotopic (exact) mass is 227 g/mol. The van der Waals surface area contributed by atoms with Gasteiger partial charge in [-0.2, -0.15) is 0 Å². The van der Waals surface area contributed by atoms with Crippen LogP contribution in [-0.2, 0) is 4.74 Å². The topological polar surface area (TPSA) is 35.2 Å². The van der Waals surface area contributed by atoms with Gasteiger partial charge in [0.05, 0.1) is 6.61 Å². The highest BCUT2D eigenvalue weighted by Crippen LogP contribution is 2.44. The quantitative estimate of drug-likeness (QED) is 0.800. The van der Waals surface area contributed by atoms with Crippen molar-refractivity contribution < 1.29 is 4.74 Å². The van der Waals surface area contributed by atoms with Gasteiger partial charge in [-0.05, 0) is 43.9 Å². The summed E-state index contributed by atoms with van der Waals surface area (Å²) >= 11 is 0. The lowest BCUT2D eigenvalue weighted by molar-refractivity contribution is 0.00605. The van der Waals surface area contributed by atoms with Crippen LogP contribution in [0.15, 0.2) is 0 Å². The van der Waals surface area contributed by atoms with E-state index in [4.69, 9.17) is 10.5 Å². The van der Waals surface area contributed by atoms with Gasteiger partial charge in [-0.1, -0.05) is 20.8 Å². The van der Waals surface area contributed by atoms with Gasteiger partial charge in [-0.15, -0.1) is 0 Å². The average Bonchev–Trinajstić information content (AvgIpc) is 2.26. The third-order valence-electron chi connectivity index (χ3n) is 4.32. The van der Waals surface area contributed by atoms with Crippen LogP contribution in [0.25, 0.3) is 0 Å². The molecule has 0 saturated heterocycles. The molecule has 0 amide bonds. The molecule has 2 heteroatoms. The first-order valence-corrected chi connectivity index (χ1v) is 6.71. The van der Waals surface area contributed by atoms with Crippen LogP contribution in [0.3, 0.4) is 0 Å². The van der Waals surface area contributed by atoms with Crippen LogP contribution in [0, 0.1) is 16.7 Å². The van der Waals surface area contributed by atoms with E-state index in [0.717, 1.165) is 25.7 Å². The maximum absolute atomic E-state index is 5.95. The molecule has 2 nitrogen and oxygen atoms in total. The van der Waals surface area contributed by atoms with Crippen molar-refractivity contribution in [2.45, 2.75) is 53.4 Å². The number of hydrogen-bond acceptors (Lipinski definition) is 2. The van der Waals surface area contributed by atoms with Crippen molar-refractivity contribution in [2.24, 2.45) is 22.5 Å². The summed E-state index contributed by atoms with van der Waals surface area (Å²) in [5, 5.41) is 0. The molecule has 0 aromatic rings. The fraction of sp³-hybridized carbons (Fsp3) is 1.00. The molecule has 1 rings (SSSR count). The molecular formula is C14H29NO. The first kappa shape index (κ1) is 14.0. The second-order valence-electron chi connectivity index (χ2n) is 6.48. The Kier molecular flexibility index (Phi) is 4.81. The van der Waals surface area contributed by atoms with Gasteiger partial charge in [-0.3, -0.25) is 0 Å². The van der Waals surface area contributed by atoms with Gasteiger partial charge in [0.1, 0.15) is 0 Å². The maximum Gasteiger partial charge on any atom is 0.0534 e. The van der Waals surface area contributed by atoms with Crippen LogP contribution in [0.1, 0.15) is 53.4 Å². The van der Waals surface area contributed by atoms with Gasteiger partial charge in [-0.25, -0.2) is 0 Å². The third-order valence-corrected chi connectivity index (χ3v) is 4.32. The number of rotatable bonds is 4. The average molecular weight is 227 g/mol. The highest BCUT2D eigenvalue weighted by atomic mass is 16.5. The maximum atomic E-state index is 5.95. The Hall–Kier alpha value is -0.0800. The molecule has 16 heavy (non-hydrogen) atoms. The lowest BCUT2D eigenvalue weighted by Crippen LogP contribution is -2.41. The van der Waals surface area contributed by atoms with E-state index < -0.39 is 0 Å². The van der Waals surface area contributed by atoms with Gasteiger partial charge in [0.2, 0.25) is 0 Å². The van der Waals surface area contributed by atoms with Crippen LogP contribution in [0.5, 0.6) is 0 Å². The molecule has 0 radical (unpaired) electrons. The molecule has 1 fully saturated rings. The molecule has 0 atom stereocenters. The van der Waals surface area contributed by atoms with E-state index in [9.17, 15) is 0 Å². The zero-order chi connectivity index (χ0) is 12.2. The molecule has 1 aliphatic rings. The summed E-state index contributed by atoms with van der Waals surface area (Å²) in [6, 6.07) is 0. The SMILES string of the molecule is CCOCC1(CN)CCC(C(C)(C)C)CC1. The van der Waals surface area contributed by atoms with Crippen molar-refractivity contribution in [1.29, 1.82) is 0 Å². The smallest absolute Gasteiger partial charge is 0.0534 e. The summed E-state index contributed by atoms with van der Waals surface area (Å²) in [6.45, 7) is 11.6. The van der Waals surface area contributed by atoms with E-state index in [-0.39, 0.29) is 5.41 Å². The van der Waals surface area contributed by atoms with Crippen molar-refractivity contribution >= 4 is 0 Å². The summed E-state index contributed by atoms with van der Waals surface area (Å²) in [6.07, 6.45) is 5.11. The van der Waals surface area contributed by atoms with Crippen LogP contribution >= 0.6 is 0 Å². The Bertz CT molecular complexity index is 199. The van der Waals surface area contributed by atoms with Crippen LogP contribution in [0.4, 0.5) is 0 Å². The van der Waals surface area contributed by atoms with Crippen LogP contribution < -0.4 is 5.73 Å². The van der Waals surface area contributed by atoms with E-state index in [1.54, 1.807) is 0 Å². The summed E-state index contributed by atoms with van der Waals surface area (Å²) in [7, 11) is 0. The Balaban J connectivity index is 2.50. The second kappa shape index (κ2) is 5.50. The molecule has 2 N–H and O–H groups in total.